The minimum atomic E-state index is -0.933. The molecule has 1 aromatic heterocycles. The normalized spacial score (nSPS) is 12.7. The topological polar surface area (TPSA) is 91.7 Å². The highest BCUT2D eigenvalue weighted by atomic mass is 16.5. The quantitative estimate of drug-likeness (QED) is 0.429. The summed E-state index contributed by atoms with van der Waals surface area (Å²) in [6.45, 7) is 2.46. The molecule has 6 nitrogen and oxygen atoms in total. The molecular formula is C24H20N2O4. The van der Waals surface area contributed by atoms with Crippen molar-refractivity contribution in [3.63, 3.8) is 0 Å². The molecule has 0 saturated carbocycles. The maximum atomic E-state index is 11.7. The number of benzene rings is 3. The Morgan fingerprint density at radius 2 is 1.97 bits per heavy atom. The summed E-state index contributed by atoms with van der Waals surface area (Å²) in [5, 5.41) is 22.1. The lowest BCUT2D eigenvalue weighted by Gasteiger charge is -2.23. The van der Waals surface area contributed by atoms with Gasteiger partial charge in [-0.1, -0.05) is 24.3 Å². The number of nitrogens with zero attached hydrogens (tertiary/aromatic N) is 1. The van der Waals surface area contributed by atoms with Gasteiger partial charge in [0.25, 0.3) is 0 Å². The fraction of sp³-hybridized carbons (Fsp3) is 0.167. The van der Waals surface area contributed by atoms with E-state index in [-0.39, 0.29) is 6.42 Å². The van der Waals surface area contributed by atoms with Crippen LogP contribution in [0, 0.1) is 6.92 Å². The van der Waals surface area contributed by atoms with E-state index < -0.39 is 5.97 Å². The molecule has 0 fully saturated rings. The summed E-state index contributed by atoms with van der Waals surface area (Å²) in [7, 11) is 0. The van der Waals surface area contributed by atoms with E-state index in [0.717, 1.165) is 45.0 Å². The molecule has 2 heterocycles. The van der Waals surface area contributed by atoms with Crippen molar-refractivity contribution in [2.24, 2.45) is 0 Å². The van der Waals surface area contributed by atoms with Gasteiger partial charge in [-0.2, -0.15) is 0 Å². The highest BCUT2D eigenvalue weighted by molar-refractivity contribution is 6.12. The maximum Gasteiger partial charge on any atom is 0.307 e. The third-order valence-electron chi connectivity index (χ3n) is 5.87. The molecule has 150 valence electrons. The lowest BCUT2D eigenvalue weighted by atomic mass is 9.85. The molecule has 0 bridgehead atoms. The SMILES string of the molecule is Cc1c(CC(=O)O)c(-c2ccc3c4c(ccnc24)CCO3)c2ccccc2c1NO. The van der Waals surface area contributed by atoms with E-state index in [1.165, 1.54) is 5.56 Å². The fourth-order valence-corrected chi connectivity index (χ4v) is 4.55. The first-order valence-corrected chi connectivity index (χ1v) is 9.80. The molecule has 30 heavy (non-hydrogen) atoms. The molecule has 0 saturated heterocycles. The highest BCUT2D eigenvalue weighted by Gasteiger charge is 2.23. The Morgan fingerprint density at radius 1 is 1.17 bits per heavy atom. The monoisotopic (exact) mass is 400 g/mol. The zero-order valence-corrected chi connectivity index (χ0v) is 16.4. The first kappa shape index (κ1) is 18.4. The summed E-state index contributed by atoms with van der Waals surface area (Å²) < 4.78 is 5.85. The fourth-order valence-electron chi connectivity index (χ4n) is 4.55. The molecule has 0 atom stereocenters. The summed E-state index contributed by atoms with van der Waals surface area (Å²) in [6.07, 6.45) is 2.44. The molecule has 3 aromatic carbocycles. The second-order valence-electron chi connectivity index (χ2n) is 7.48. The van der Waals surface area contributed by atoms with Gasteiger partial charge < -0.3 is 9.84 Å². The average Bonchev–Trinajstić information content (AvgIpc) is 2.75. The number of aromatic nitrogens is 1. The predicted molar refractivity (Wildman–Crippen MR) is 115 cm³/mol. The van der Waals surface area contributed by atoms with Gasteiger partial charge in [-0.05, 0) is 52.8 Å². The highest BCUT2D eigenvalue weighted by Crippen LogP contribution is 2.44. The Hall–Kier alpha value is -3.64. The largest absolute Gasteiger partial charge is 0.493 e. The van der Waals surface area contributed by atoms with Crippen LogP contribution in [0.15, 0.2) is 48.7 Å². The second-order valence-corrected chi connectivity index (χ2v) is 7.48. The average molecular weight is 400 g/mol. The smallest absolute Gasteiger partial charge is 0.307 e. The lowest BCUT2D eigenvalue weighted by molar-refractivity contribution is -0.136. The number of carbonyl (C=O) groups is 1. The molecule has 0 amide bonds. The number of anilines is 1. The van der Waals surface area contributed by atoms with Crippen molar-refractivity contribution < 1.29 is 19.8 Å². The van der Waals surface area contributed by atoms with Crippen LogP contribution in [0.2, 0.25) is 0 Å². The van der Waals surface area contributed by atoms with Gasteiger partial charge in [-0.25, -0.2) is 0 Å². The van der Waals surface area contributed by atoms with Crippen LogP contribution in [0.3, 0.4) is 0 Å². The van der Waals surface area contributed by atoms with Crippen LogP contribution in [0.5, 0.6) is 5.75 Å². The summed E-state index contributed by atoms with van der Waals surface area (Å²) in [4.78, 5) is 16.4. The third-order valence-corrected chi connectivity index (χ3v) is 5.87. The lowest BCUT2D eigenvalue weighted by Crippen LogP contribution is -2.10. The molecule has 3 N–H and O–H groups in total. The standard InChI is InChI=1S/C24H20N2O4/c1-13-18(12-20(27)28)22(15-4-2-3-5-16(15)23(13)26-29)17-6-7-19-21-14(9-11-30-19)8-10-25-24(17)21/h2-8,10,26,29H,9,11-12H2,1H3,(H,27,28). The molecule has 4 aromatic rings. The first-order valence-electron chi connectivity index (χ1n) is 9.80. The Bertz CT molecular complexity index is 1320. The molecule has 0 spiro atoms. The number of carboxylic acid groups (broad SMARTS) is 1. The summed E-state index contributed by atoms with van der Waals surface area (Å²) >= 11 is 0. The Kier molecular flexibility index (Phi) is 4.29. The van der Waals surface area contributed by atoms with E-state index >= 15 is 0 Å². The van der Waals surface area contributed by atoms with E-state index in [9.17, 15) is 15.1 Å². The third kappa shape index (κ3) is 2.69. The summed E-state index contributed by atoms with van der Waals surface area (Å²) in [6, 6.07) is 13.6. The van der Waals surface area contributed by atoms with Crippen LogP contribution < -0.4 is 10.2 Å². The molecule has 6 heteroatoms. The van der Waals surface area contributed by atoms with Gasteiger partial charge in [0.15, 0.2) is 0 Å². The Balaban J connectivity index is 1.95. The number of pyridine rings is 1. The number of carboxylic acids is 1. The zero-order valence-electron chi connectivity index (χ0n) is 16.4. The van der Waals surface area contributed by atoms with Gasteiger partial charge in [0.2, 0.25) is 0 Å². The number of hydrogen-bond donors (Lipinski definition) is 3. The number of fused-ring (bicyclic) bond motifs is 1. The number of hydrogen-bond acceptors (Lipinski definition) is 5. The molecule has 1 aliphatic heterocycles. The summed E-state index contributed by atoms with van der Waals surface area (Å²) in [5.41, 5.74) is 7.81. The Labute approximate surface area is 172 Å². The van der Waals surface area contributed by atoms with Gasteiger partial charge in [0.1, 0.15) is 5.75 Å². The van der Waals surface area contributed by atoms with E-state index in [4.69, 9.17) is 4.74 Å². The predicted octanol–water partition coefficient (Wildman–Crippen LogP) is 4.73. The van der Waals surface area contributed by atoms with Crippen LogP contribution in [0.4, 0.5) is 5.69 Å². The number of aliphatic carboxylic acids is 1. The van der Waals surface area contributed by atoms with Crippen molar-refractivity contribution in [3.8, 4) is 16.9 Å². The van der Waals surface area contributed by atoms with E-state index in [1.54, 1.807) is 6.20 Å². The van der Waals surface area contributed by atoms with Gasteiger partial charge in [-0.15, -0.1) is 0 Å². The molecule has 1 aliphatic rings. The van der Waals surface area contributed by atoms with Crippen LogP contribution >= 0.6 is 0 Å². The van der Waals surface area contributed by atoms with Crippen LogP contribution in [-0.2, 0) is 17.6 Å². The van der Waals surface area contributed by atoms with E-state index in [0.29, 0.717) is 23.4 Å². The van der Waals surface area contributed by atoms with Crippen molar-refractivity contribution in [3.05, 3.63) is 65.4 Å². The molecule has 0 unspecified atom stereocenters. The van der Waals surface area contributed by atoms with Crippen LogP contribution in [-0.4, -0.2) is 27.9 Å². The number of rotatable bonds is 4. The van der Waals surface area contributed by atoms with Crippen molar-refractivity contribution in [1.29, 1.82) is 0 Å². The van der Waals surface area contributed by atoms with Crippen LogP contribution in [0.25, 0.3) is 32.8 Å². The zero-order chi connectivity index (χ0) is 20.8. The minimum Gasteiger partial charge on any atom is -0.493 e. The molecular weight excluding hydrogens is 380 g/mol. The van der Waals surface area contributed by atoms with Crippen molar-refractivity contribution in [2.45, 2.75) is 19.8 Å². The van der Waals surface area contributed by atoms with Gasteiger partial charge in [-0.3, -0.25) is 20.5 Å². The Morgan fingerprint density at radius 3 is 2.73 bits per heavy atom. The van der Waals surface area contributed by atoms with Crippen molar-refractivity contribution in [2.75, 3.05) is 12.1 Å². The summed E-state index contributed by atoms with van der Waals surface area (Å²) in [5.74, 6) is -0.130. The minimum absolute atomic E-state index is 0.167. The molecule has 0 aliphatic carbocycles. The van der Waals surface area contributed by atoms with Crippen molar-refractivity contribution >= 4 is 33.3 Å². The molecule has 0 radical (unpaired) electrons. The van der Waals surface area contributed by atoms with E-state index in [1.807, 2.05) is 49.4 Å². The maximum absolute atomic E-state index is 11.7. The second kappa shape index (κ2) is 7.00. The first-order chi connectivity index (χ1) is 14.6. The van der Waals surface area contributed by atoms with Gasteiger partial charge >= 0.3 is 5.97 Å². The van der Waals surface area contributed by atoms with Crippen molar-refractivity contribution in [1.82, 2.24) is 4.98 Å². The van der Waals surface area contributed by atoms with Crippen LogP contribution in [0.1, 0.15) is 16.7 Å². The number of nitrogens with one attached hydrogen (secondary N) is 1. The number of ether oxygens (including phenoxy) is 1. The van der Waals surface area contributed by atoms with E-state index in [2.05, 4.69) is 10.5 Å². The molecule has 5 rings (SSSR count). The van der Waals surface area contributed by atoms with Gasteiger partial charge in [0.05, 0.1) is 24.2 Å². The van der Waals surface area contributed by atoms with Gasteiger partial charge in [0, 0.05) is 29.0 Å².